The van der Waals surface area contributed by atoms with E-state index < -0.39 is 0 Å². The topological polar surface area (TPSA) is 8.81 Å². The SMILES string of the molecule is CC(C)c1cccc(C(C)C)c1-n1[c][n+](-c2c(C(C)C)cccc2C(C)C)cc1.[Cu+].[I-]. The van der Waals surface area contributed by atoms with Crippen molar-refractivity contribution in [1.82, 2.24) is 4.57 Å². The van der Waals surface area contributed by atoms with Crippen LogP contribution in [0.5, 0.6) is 0 Å². The molecular weight excluding hydrogens is 543 g/mol. The second-order valence-corrected chi connectivity index (χ2v) is 9.33. The number of hydrogen-bond donors (Lipinski definition) is 0. The molecule has 0 spiro atoms. The summed E-state index contributed by atoms with van der Waals surface area (Å²) in [5.41, 5.74) is 8.05. The maximum atomic E-state index is 3.66. The number of rotatable bonds is 6. The minimum atomic E-state index is 0. The monoisotopic (exact) mass is 578 g/mol. The third-order valence-corrected chi connectivity index (χ3v) is 5.75. The summed E-state index contributed by atoms with van der Waals surface area (Å²) in [7, 11) is 0. The first-order valence-electron chi connectivity index (χ1n) is 11.0. The summed E-state index contributed by atoms with van der Waals surface area (Å²) in [6.45, 7) is 18.2. The molecule has 0 aliphatic rings. The number of benzene rings is 2. The first-order chi connectivity index (χ1) is 13.7. The molecule has 2 nitrogen and oxygen atoms in total. The number of para-hydroxylation sites is 2. The van der Waals surface area contributed by atoms with Crippen LogP contribution in [-0.4, -0.2) is 4.57 Å². The van der Waals surface area contributed by atoms with Crippen molar-refractivity contribution in [3.8, 4) is 11.4 Å². The fourth-order valence-corrected chi connectivity index (χ4v) is 4.14. The molecule has 4 heteroatoms. The summed E-state index contributed by atoms with van der Waals surface area (Å²) in [5, 5.41) is 0. The van der Waals surface area contributed by atoms with E-state index in [1.165, 1.54) is 33.6 Å². The second-order valence-electron chi connectivity index (χ2n) is 9.33. The van der Waals surface area contributed by atoms with Crippen molar-refractivity contribution >= 4 is 0 Å². The van der Waals surface area contributed by atoms with Crippen molar-refractivity contribution in [3.05, 3.63) is 77.4 Å². The molecule has 3 aromatic rings. The summed E-state index contributed by atoms with van der Waals surface area (Å²) in [6.07, 6.45) is 7.98. The van der Waals surface area contributed by atoms with E-state index in [9.17, 15) is 0 Å². The second kappa shape index (κ2) is 11.7. The van der Waals surface area contributed by atoms with E-state index in [-0.39, 0.29) is 41.0 Å². The van der Waals surface area contributed by atoms with Crippen LogP contribution >= 0.6 is 0 Å². The fraction of sp³-hybridized carbons (Fsp3) is 0.444. The van der Waals surface area contributed by atoms with Gasteiger partial charge in [0.15, 0.2) is 0 Å². The van der Waals surface area contributed by atoms with Gasteiger partial charge >= 0.3 is 23.4 Å². The molecule has 0 atom stereocenters. The normalized spacial score (nSPS) is 11.2. The zero-order chi connectivity index (χ0) is 21.3. The predicted molar refractivity (Wildman–Crippen MR) is 122 cm³/mol. The Labute approximate surface area is 217 Å². The van der Waals surface area contributed by atoms with Crippen LogP contribution < -0.4 is 28.5 Å². The van der Waals surface area contributed by atoms with E-state index >= 15 is 0 Å². The van der Waals surface area contributed by atoms with Gasteiger partial charge in [0, 0.05) is 22.3 Å². The predicted octanol–water partition coefficient (Wildman–Crippen LogP) is 4.05. The Hall–Kier alpha value is -1.10. The Bertz CT molecular complexity index is 856. The molecule has 3 rings (SSSR count). The van der Waals surface area contributed by atoms with Gasteiger partial charge in [0.2, 0.25) is 0 Å². The molecule has 1 aromatic heterocycles. The summed E-state index contributed by atoms with van der Waals surface area (Å²) >= 11 is 0. The van der Waals surface area contributed by atoms with E-state index in [0.29, 0.717) is 23.7 Å². The molecule has 0 aliphatic heterocycles. The molecule has 171 valence electrons. The van der Waals surface area contributed by atoms with Crippen LogP contribution in [0, 0.1) is 6.33 Å². The van der Waals surface area contributed by atoms with Crippen molar-refractivity contribution in [1.29, 1.82) is 0 Å². The van der Waals surface area contributed by atoms with Crippen LogP contribution in [0.25, 0.3) is 11.4 Å². The van der Waals surface area contributed by atoms with E-state index in [1.54, 1.807) is 0 Å². The Morgan fingerprint density at radius 3 is 1.45 bits per heavy atom. The van der Waals surface area contributed by atoms with Gasteiger partial charge in [-0.1, -0.05) is 91.8 Å². The van der Waals surface area contributed by atoms with Crippen LogP contribution in [0.4, 0.5) is 0 Å². The van der Waals surface area contributed by atoms with Crippen molar-refractivity contribution < 1.29 is 45.6 Å². The summed E-state index contributed by atoms with van der Waals surface area (Å²) < 4.78 is 4.40. The number of hydrogen-bond acceptors (Lipinski definition) is 0. The summed E-state index contributed by atoms with van der Waals surface area (Å²) in [5.74, 6) is 1.84. The van der Waals surface area contributed by atoms with Crippen LogP contribution in [0.15, 0.2) is 48.8 Å². The number of aromatic nitrogens is 2. The molecule has 0 N–H and O–H groups in total. The minimum absolute atomic E-state index is 0. The molecule has 1 heterocycles. The zero-order valence-corrected chi connectivity index (χ0v) is 23.1. The van der Waals surface area contributed by atoms with Gasteiger partial charge in [0.05, 0.1) is 0 Å². The van der Waals surface area contributed by atoms with Crippen molar-refractivity contribution in [2.45, 2.75) is 79.1 Å². The smallest absolute Gasteiger partial charge is 1.00 e. The molecule has 31 heavy (non-hydrogen) atoms. The van der Waals surface area contributed by atoms with Gasteiger partial charge in [0.1, 0.15) is 23.8 Å². The standard InChI is InChI=1S/C27H36N2.Cu.HI/c1-18(2)22-11-9-12-23(19(3)4)26(22)28-15-16-29(17-28)27-24(20(5)6)13-10-14-25(27)21(7)8;;/h9-16,18-21H,1-8H3;;1H/q2*+1;/p-1. The van der Waals surface area contributed by atoms with E-state index in [4.69, 9.17) is 0 Å². The molecule has 0 aliphatic carbocycles. The summed E-state index contributed by atoms with van der Waals surface area (Å²) in [6, 6.07) is 13.4. The zero-order valence-electron chi connectivity index (χ0n) is 20.0. The van der Waals surface area contributed by atoms with Crippen LogP contribution in [0.1, 0.15) is 101 Å². The van der Waals surface area contributed by atoms with E-state index in [2.05, 4.69) is 120 Å². The van der Waals surface area contributed by atoms with Gasteiger partial charge in [-0.2, -0.15) is 9.13 Å². The van der Waals surface area contributed by atoms with Crippen LogP contribution in [0.2, 0.25) is 0 Å². The molecular formula is C27H36CuIN2+. The van der Waals surface area contributed by atoms with E-state index in [0.717, 1.165) is 0 Å². The Balaban J connectivity index is 0.00000240. The third-order valence-electron chi connectivity index (χ3n) is 5.75. The Morgan fingerprint density at radius 1 is 0.677 bits per heavy atom. The van der Waals surface area contributed by atoms with Crippen LogP contribution in [0.3, 0.4) is 0 Å². The maximum absolute atomic E-state index is 3.66. The molecule has 0 fully saturated rings. The number of imidazole rings is 1. The number of nitrogens with zero attached hydrogens (tertiary/aromatic N) is 2. The van der Waals surface area contributed by atoms with Gasteiger partial charge in [-0.25, -0.2) is 0 Å². The van der Waals surface area contributed by atoms with Crippen molar-refractivity contribution in [2.75, 3.05) is 0 Å². The van der Waals surface area contributed by atoms with Gasteiger partial charge < -0.3 is 24.0 Å². The first kappa shape index (κ1) is 27.9. The molecule has 0 bridgehead atoms. The molecule has 0 saturated heterocycles. The number of halogens is 1. The van der Waals surface area contributed by atoms with Crippen LogP contribution in [-0.2, 0) is 17.1 Å². The van der Waals surface area contributed by atoms with Gasteiger partial charge in [-0.05, 0) is 23.7 Å². The fourth-order valence-electron chi connectivity index (χ4n) is 4.14. The van der Waals surface area contributed by atoms with E-state index in [1.807, 2.05) is 0 Å². The minimum Gasteiger partial charge on any atom is -1.00 e. The molecule has 2 aromatic carbocycles. The van der Waals surface area contributed by atoms with Gasteiger partial charge in [-0.15, -0.1) is 0 Å². The van der Waals surface area contributed by atoms with Crippen molar-refractivity contribution in [3.63, 3.8) is 0 Å². The van der Waals surface area contributed by atoms with Gasteiger partial charge in [-0.3, -0.25) is 0 Å². The average molecular weight is 579 g/mol. The first-order valence-corrected chi connectivity index (χ1v) is 11.0. The quantitative estimate of drug-likeness (QED) is 0.237. The van der Waals surface area contributed by atoms with Gasteiger partial charge in [0.25, 0.3) is 0 Å². The van der Waals surface area contributed by atoms with Crippen molar-refractivity contribution in [2.24, 2.45) is 0 Å². The molecule has 0 saturated carbocycles. The summed E-state index contributed by atoms with van der Waals surface area (Å²) in [4.78, 5) is 0. The maximum Gasteiger partial charge on any atom is 1.00 e. The average Bonchev–Trinajstić information content (AvgIpc) is 3.15. The largest absolute Gasteiger partial charge is 1.00 e. The molecule has 0 amide bonds. The molecule has 1 radical (unpaired) electrons. The molecule has 0 unspecified atom stereocenters. The Morgan fingerprint density at radius 2 is 1.06 bits per heavy atom. The third kappa shape index (κ3) is 5.83. The Kier molecular flexibility index (Phi) is 10.5.